The van der Waals surface area contributed by atoms with E-state index >= 15 is 0 Å². The average Bonchev–Trinajstić information content (AvgIpc) is 2.79. The zero-order valence-corrected chi connectivity index (χ0v) is 19.2. The molecule has 1 atom stereocenters. The fraction of sp³-hybridized carbons (Fsp3) is 0.667. The molecule has 3 aliphatic heterocycles. The minimum absolute atomic E-state index is 0.0232. The van der Waals surface area contributed by atoms with E-state index in [0.717, 1.165) is 52.0 Å². The van der Waals surface area contributed by atoms with Crippen molar-refractivity contribution in [1.82, 2.24) is 9.88 Å². The SMILES string of the molecule is Fc1cccnc1OC1CCOC2(C1)CN(C1CCOCC1)C2.O=C(O)C(F)(F)F.O=C(O)C(F)(F)F. The van der Waals surface area contributed by atoms with Crippen molar-refractivity contribution in [2.75, 3.05) is 32.9 Å². The summed E-state index contributed by atoms with van der Waals surface area (Å²) in [5.41, 5.74) is -0.119. The minimum atomic E-state index is -5.08. The summed E-state index contributed by atoms with van der Waals surface area (Å²) in [7, 11) is 0. The van der Waals surface area contributed by atoms with Crippen LogP contribution < -0.4 is 4.74 Å². The summed E-state index contributed by atoms with van der Waals surface area (Å²) in [6, 6.07) is 3.58. The second-order valence-corrected chi connectivity index (χ2v) is 8.41. The number of hydrogen-bond donors (Lipinski definition) is 2. The third-order valence-electron chi connectivity index (χ3n) is 5.63. The van der Waals surface area contributed by atoms with Gasteiger partial charge < -0.3 is 24.4 Å². The van der Waals surface area contributed by atoms with E-state index in [-0.39, 0.29) is 17.6 Å². The van der Waals surface area contributed by atoms with Crippen molar-refractivity contribution >= 4 is 11.9 Å². The summed E-state index contributed by atoms with van der Waals surface area (Å²) in [4.78, 5) is 24.3. The van der Waals surface area contributed by atoms with Crippen LogP contribution in [0.4, 0.5) is 30.7 Å². The fourth-order valence-electron chi connectivity index (χ4n) is 3.92. The van der Waals surface area contributed by atoms with E-state index in [2.05, 4.69) is 9.88 Å². The second-order valence-electron chi connectivity index (χ2n) is 8.41. The van der Waals surface area contributed by atoms with Crippen LogP contribution in [0.15, 0.2) is 18.3 Å². The predicted octanol–water partition coefficient (Wildman–Crippen LogP) is 3.28. The highest BCUT2D eigenvalue weighted by Gasteiger charge is 2.50. The first-order valence-corrected chi connectivity index (χ1v) is 11.0. The maximum atomic E-state index is 13.7. The number of halogens is 7. The van der Waals surface area contributed by atoms with Gasteiger partial charge in [0.25, 0.3) is 5.88 Å². The molecule has 3 fully saturated rings. The molecule has 210 valence electrons. The Labute approximate surface area is 206 Å². The van der Waals surface area contributed by atoms with Crippen molar-refractivity contribution in [3.8, 4) is 5.88 Å². The molecule has 0 bridgehead atoms. The van der Waals surface area contributed by atoms with Crippen LogP contribution in [-0.4, -0.2) is 95.0 Å². The van der Waals surface area contributed by atoms with Crippen LogP contribution in [0.5, 0.6) is 5.88 Å². The van der Waals surface area contributed by atoms with Crippen LogP contribution in [0.2, 0.25) is 0 Å². The molecule has 1 spiro atoms. The number of aliphatic carboxylic acids is 2. The number of aromatic nitrogens is 1. The van der Waals surface area contributed by atoms with Crippen molar-refractivity contribution in [1.29, 1.82) is 0 Å². The van der Waals surface area contributed by atoms with E-state index in [1.807, 2.05) is 0 Å². The number of carboxylic acid groups (broad SMARTS) is 2. The van der Waals surface area contributed by atoms with Gasteiger partial charge >= 0.3 is 24.3 Å². The van der Waals surface area contributed by atoms with Crippen molar-refractivity contribution < 1.29 is 64.7 Å². The van der Waals surface area contributed by atoms with Gasteiger partial charge in [-0.1, -0.05) is 0 Å². The number of carboxylic acids is 2. The molecule has 1 unspecified atom stereocenters. The normalized spacial score (nSPS) is 22.0. The largest absolute Gasteiger partial charge is 0.490 e. The summed E-state index contributed by atoms with van der Waals surface area (Å²) in [6.07, 6.45) is -4.82. The lowest BCUT2D eigenvalue weighted by Gasteiger charge is -2.56. The molecule has 2 N–H and O–H groups in total. The number of nitrogens with zero attached hydrogens (tertiary/aromatic N) is 2. The van der Waals surface area contributed by atoms with E-state index in [0.29, 0.717) is 12.6 Å². The van der Waals surface area contributed by atoms with Crippen LogP contribution in [0, 0.1) is 5.82 Å². The smallest absolute Gasteiger partial charge is 0.475 e. The van der Waals surface area contributed by atoms with E-state index in [9.17, 15) is 30.7 Å². The number of ether oxygens (including phenoxy) is 3. The van der Waals surface area contributed by atoms with Gasteiger partial charge in [-0.05, 0) is 25.0 Å². The second kappa shape index (κ2) is 12.7. The predicted molar refractivity (Wildman–Crippen MR) is 109 cm³/mol. The minimum Gasteiger partial charge on any atom is -0.475 e. The highest BCUT2D eigenvalue weighted by Crippen LogP contribution is 2.38. The number of carbonyl (C=O) groups is 2. The van der Waals surface area contributed by atoms with Crippen molar-refractivity contribution in [3.05, 3.63) is 24.1 Å². The Balaban J connectivity index is 0.000000286. The third-order valence-corrected chi connectivity index (χ3v) is 5.63. The molecular formula is C21H25F7N2O7. The van der Waals surface area contributed by atoms with Crippen LogP contribution in [-0.2, 0) is 19.1 Å². The van der Waals surface area contributed by atoms with Crippen LogP contribution in [0.3, 0.4) is 0 Å². The van der Waals surface area contributed by atoms with E-state index < -0.39 is 30.1 Å². The fourth-order valence-corrected chi connectivity index (χ4v) is 3.92. The lowest BCUT2D eigenvalue weighted by Crippen LogP contribution is -2.68. The maximum absolute atomic E-state index is 13.7. The molecule has 9 nitrogen and oxygen atoms in total. The molecule has 16 heteroatoms. The van der Waals surface area contributed by atoms with Gasteiger partial charge in [0, 0.05) is 51.4 Å². The van der Waals surface area contributed by atoms with Gasteiger partial charge in [-0.3, -0.25) is 4.90 Å². The summed E-state index contributed by atoms with van der Waals surface area (Å²) in [6.45, 7) is 4.28. The first kappa shape index (κ1) is 30.5. The number of pyridine rings is 1. The van der Waals surface area contributed by atoms with Crippen LogP contribution in [0.25, 0.3) is 0 Å². The van der Waals surface area contributed by atoms with E-state index in [4.69, 9.17) is 34.0 Å². The summed E-state index contributed by atoms with van der Waals surface area (Å²) >= 11 is 0. The Morgan fingerprint density at radius 1 is 1.00 bits per heavy atom. The molecule has 0 radical (unpaired) electrons. The Morgan fingerprint density at radius 3 is 2.03 bits per heavy atom. The molecule has 1 aromatic rings. The Hall–Kier alpha value is -2.72. The van der Waals surface area contributed by atoms with Gasteiger partial charge in [0.1, 0.15) is 6.10 Å². The highest BCUT2D eigenvalue weighted by atomic mass is 19.4. The standard InChI is InChI=1S/C17H23FN2O3.2C2HF3O2/c18-15-2-1-6-19-16(15)23-14-5-9-22-17(10-14)11-20(12-17)13-3-7-21-8-4-13;2*3-2(4,5)1(6)7/h1-2,6,13-14H,3-5,7-12H2;2*(H,6,7). The molecule has 0 saturated carbocycles. The van der Waals surface area contributed by atoms with Crippen LogP contribution >= 0.6 is 0 Å². The van der Waals surface area contributed by atoms with Crippen LogP contribution in [0.1, 0.15) is 25.7 Å². The molecule has 1 aromatic heterocycles. The Morgan fingerprint density at radius 2 is 1.54 bits per heavy atom. The Kier molecular flexibility index (Phi) is 10.5. The Bertz CT molecular complexity index is 878. The quantitative estimate of drug-likeness (QED) is 0.547. The van der Waals surface area contributed by atoms with Gasteiger partial charge in [0.2, 0.25) is 0 Å². The maximum Gasteiger partial charge on any atom is 0.490 e. The molecule has 3 saturated heterocycles. The molecular weight excluding hydrogens is 525 g/mol. The molecule has 0 amide bonds. The third kappa shape index (κ3) is 9.59. The number of alkyl halides is 6. The van der Waals surface area contributed by atoms with Crippen molar-refractivity contribution in [2.45, 2.75) is 55.8 Å². The first-order valence-electron chi connectivity index (χ1n) is 11.0. The molecule has 4 heterocycles. The zero-order valence-electron chi connectivity index (χ0n) is 19.2. The van der Waals surface area contributed by atoms with Gasteiger partial charge in [-0.15, -0.1) is 0 Å². The molecule has 0 aromatic carbocycles. The lowest BCUT2D eigenvalue weighted by molar-refractivity contribution is -0.200. The summed E-state index contributed by atoms with van der Waals surface area (Å²) in [5.74, 6) is -5.80. The number of rotatable bonds is 3. The molecule has 4 rings (SSSR count). The summed E-state index contributed by atoms with van der Waals surface area (Å²) in [5, 5.41) is 14.2. The molecule has 0 aliphatic carbocycles. The van der Waals surface area contributed by atoms with Gasteiger partial charge in [0.05, 0.1) is 12.2 Å². The summed E-state index contributed by atoms with van der Waals surface area (Å²) < 4.78 is 94.4. The highest BCUT2D eigenvalue weighted by molar-refractivity contribution is 5.73. The van der Waals surface area contributed by atoms with Crippen molar-refractivity contribution in [2.24, 2.45) is 0 Å². The average molecular weight is 550 g/mol. The van der Waals surface area contributed by atoms with Gasteiger partial charge in [0.15, 0.2) is 5.82 Å². The number of likely N-dealkylation sites (tertiary alicyclic amines) is 1. The monoisotopic (exact) mass is 550 g/mol. The van der Waals surface area contributed by atoms with Crippen molar-refractivity contribution in [3.63, 3.8) is 0 Å². The first-order chi connectivity index (χ1) is 17.1. The zero-order chi connectivity index (χ0) is 27.9. The van der Waals surface area contributed by atoms with E-state index in [1.165, 1.54) is 6.07 Å². The number of hydrogen-bond acceptors (Lipinski definition) is 7. The molecule has 3 aliphatic rings. The van der Waals surface area contributed by atoms with E-state index in [1.54, 1.807) is 12.3 Å². The van der Waals surface area contributed by atoms with Gasteiger partial charge in [-0.25, -0.2) is 19.0 Å². The molecule has 37 heavy (non-hydrogen) atoms. The van der Waals surface area contributed by atoms with Gasteiger partial charge in [-0.2, -0.15) is 26.3 Å². The topological polar surface area (TPSA) is 118 Å². The lowest BCUT2D eigenvalue weighted by atomic mass is 9.82.